The van der Waals surface area contributed by atoms with Gasteiger partial charge in [0.1, 0.15) is 11.9 Å². The third-order valence-electron chi connectivity index (χ3n) is 5.51. The van der Waals surface area contributed by atoms with Gasteiger partial charge in [-0.3, -0.25) is 9.36 Å². The number of benzene rings is 2. The summed E-state index contributed by atoms with van der Waals surface area (Å²) in [5.41, 5.74) is -0.137. The van der Waals surface area contributed by atoms with Crippen LogP contribution in [0.4, 0.5) is 0 Å². The molecule has 0 bridgehead atoms. The molecule has 3 aromatic rings. The van der Waals surface area contributed by atoms with Crippen molar-refractivity contribution in [2.75, 3.05) is 20.3 Å². The van der Waals surface area contributed by atoms with Crippen molar-refractivity contribution >= 4 is 25.8 Å². The number of nitrogens with zero attached hydrogens (tertiary/aromatic N) is 2. The highest BCUT2D eigenvalue weighted by Gasteiger charge is 2.35. The van der Waals surface area contributed by atoms with Gasteiger partial charge in [-0.05, 0) is 42.7 Å². The lowest BCUT2D eigenvalue weighted by Gasteiger charge is -2.25. The van der Waals surface area contributed by atoms with E-state index in [4.69, 9.17) is 9.47 Å². The van der Waals surface area contributed by atoms with E-state index in [1.165, 1.54) is 23.8 Å². The second-order valence-corrected chi connectivity index (χ2v) is 10.4. The van der Waals surface area contributed by atoms with Crippen LogP contribution in [-0.2, 0) is 19.3 Å². The summed E-state index contributed by atoms with van der Waals surface area (Å²) in [6.45, 7) is 0.578. The molecule has 1 fully saturated rings. The second kappa shape index (κ2) is 9.76. The number of hydrogen-bond acceptors (Lipinski definition) is 7. The minimum absolute atomic E-state index is 0.0911. The predicted molar refractivity (Wildman–Crippen MR) is 124 cm³/mol. The molecule has 0 radical (unpaired) electrons. The van der Waals surface area contributed by atoms with Crippen molar-refractivity contribution in [2.45, 2.75) is 34.8 Å². The average Bonchev–Trinajstić information content (AvgIpc) is 3.33. The maximum Gasteiger partial charge on any atom is 0.277 e. The summed E-state index contributed by atoms with van der Waals surface area (Å²) in [5.74, 6) is -0.662. The van der Waals surface area contributed by atoms with Crippen LogP contribution in [0.3, 0.4) is 0 Å². The van der Waals surface area contributed by atoms with Gasteiger partial charge in [-0.15, -0.1) is 0 Å². The van der Waals surface area contributed by atoms with Crippen LogP contribution in [0.1, 0.15) is 36.4 Å². The normalized spacial score (nSPS) is 17.2. The highest BCUT2D eigenvalue weighted by Crippen LogP contribution is 2.33. The molecular weight excluding hydrogens is 512 g/mol. The predicted octanol–water partition coefficient (Wildman–Crippen LogP) is 3.63. The minimum Gasteiger partial charge on any atom is -0.492 e. The average molecular weight is 535 g/mol. The summed E-state index contributed by atoms with van der Waals surface area (Å²) < 4.78 is 39.9. The van der Waals surface area contributed by atoms with Crippen molar-refractivity contribution in [1.82, 2.24) is 9.55 Å². The third kappa shape index (κ3) is 4.61. The zero-order valence-corrected chi connectivity index (χ0v) is 20.3. The van der Waals surface area contributed by atoms with Gasteiger partial charge in [0.15, 0.2) is 4.90 Å². The van der Waals surface area contributed by atoms with Gasteiger partial charge in [-0.2, -0.15) is 4.98 Å². The van der Waals surface area contributed by atoms with Crippen LogP contribution in [0.2, 0.25) is 0 Å². The first-order chi connectivity index (χ1) is 15.8. The Morgan fingerprint density at radius 3 is 2.52 bits per heavy atom. The minimum atomic E-state index is -4.36. The zero-order chi connectivity index (χ0) is 23.6. The van der Waals surface area contributed by atoms with Crippen molar-refractivity contribution in [3.8, 4) is 5.88 Å². The summed E-state index contributed by atoms with van der Waals surface area (Å²) in [4.78, 5) is 17.1. The maximum atomic E-state index is 13.8. The highest BCUT2D eigenvalue weighted by molar-refractivity contribution is 9.10. The number of halogens is 1. The van der Waals surface area contributed by atoms with Crippen LogP contribution in [0.5, 0.6) is 5.88 Å². The molecule has 1 aliphatic heterocycles. The van der Waals surface area contributed by atoms with Crippen molar-refractivity contribution in [3.63, 3.8) is 0 Å². The molecule has 8 nitrogen and oxygen atoms in total. The van der Waals surface area contributed by atoms with Crippen LogP contribution in [0.15, 0.2) is 73.7 Å². The fourth-order valence-electron chi connectivity index (χ4n) is 3.95. The van der Waals surface area contributed by atoms with Crippen LogP contribution in [0, 0.1) is 0 Å². The van der Waals surface area contributed by atoms with Crippen molar-refractivity contribution in [3.05, 3.63) is 80.8 Å². The van der Waals surface area contributed by atoms with Gasteiger partial charge in [0, 0.05) is 18.2 Å². The number of aromatic nitrogens is 2. The van der Waals surface area contributed by atoms with Crippen LogP contribution in [-0.4, -0.2) is 43.4 Å². The zero-order valence-electron chi connectivity index (χ0n) is 17.8. The van der Waals surface area contributed by atoms with Gasteiger partial charge in [-0.1, -0.05) is 46.3 Å². The van der Waals surface area contributed by atoms with E-state index in [1.54, 1.807) is 12.1 Å². The number of sulfone groups is 1. The monoisotopic (exact) mass is 534 g/mol. The molecule has 0 spiro atoms. The molecule has 0 saturated carbocycles. The van der Waals surface area contributed by atoms with Crippen molar-refractivity contribution < 1.29 is 23.0 Å². The largest absolute Gasteiger partial charge is 0.492 e. The first kappa shape index (κ1) is 23.6. The summed E-state index contributed by atoms with van der Waals surface area (Å²) in [6, 6.07) is 14.3. The fraction of sp³-hybridized carbons (Fsp3) is 0.304. The van der Waals surface area contributed by atoms with Crippen LogP contribution < -0.4 is 5.56 Å². The Morgan fingerprint density at radius 1 is 1.21 bits per heavy atom. The van der Waals surface area contributed by atoms with E-state index in [-0.39, 0.29) is 17.3 Å². The van der Waals surface area contributed by atoms with Gasteiger partial charge in [0.05, 0.1) is 17.5 Å². The number of hydrogen-bond donors (Lipinski definition) is 1. The summed E-state index contributed by atoms with van der Waals surface area (Å²) >= 11 is 3.27. The molecule has 1 N–H and O–H groups in total. The molecule has 1 saturated heterocycles. The Hall–Kier alpha value is -2.53. The molecule has 0 amide bonds. The van der Waals surface area contributed by atoms with Crippen LogP contribution >= 0.6 is 15.9 Å². The van der Waals surface area contributed by atoms with E-state index in [1.807, 2.05) is 30.3 Å². The SMILES string of the molecule is COCC(c1ccccc1)n1c(C2CCCO2)nc(O)c(S(=O)(=O)c2ccc(Br)cc2)c1=O. The molecule has 174 valence electrons. The van der Waals surface area contributed by atoms with E-state index >= 15 is 0 Å². The maximum absolute atomic E-state index is 13.8. The third-order valence-corrected chi connectivity index (χ3v) is 7.83. The Balaban J connectivity index is 1.99. The van der Waals surface area contributed by atoms with Crippen molar-refractivity contribution in [2.24, 2.45) is 0 Å². The summed E-state index contributed by atoms with van der Waals surface area (Å²) in [6.07, 6.45) is 0.816. The summed E-state index contributed by atoms with van der Waals surface area (Å²) in [5, 5.41) is 10.7. The highest BCUT2D eigenvalue weighted by atomic mass is 79.9. The number of methoxy groups -OCH3 is 1. The van der Waals surface area contributed by atoms with Crippen LogP contribution in [0.25, 0.3) is 0 Å². The van der Waals surface area contributed by atoms with E-state index < -0.39 is 38.3 Å². The lowest BCUT2D eigenvalue weighted by molar-refractivity contribution is 0.0935. The Kier molecular flexibility index (Phi) is 6.99. The molecule has 2 unspecified atom stereocenters. The van der Waals surface area contributed by atoms with E-state index in [0.717, 1.165) is 12.0 Å². The number of ether oxygens (including phenoxy) is 2. The Labute approximate surface area is 199 Å². The molecule has 0 aliphatic carbocycles. The lowest BCUT2D eigenvalue weighted by Crippen LogP contribution is -2.36. The topological polar surface area (TPSA) is 108 Å². The number of aromatic hydroxyl groups is 1. The Morgan fingerprint density at radius 2 is 1.91 bits per heavy atom. The van der Waals surface area contributed by atoms with Gasteiger partial charge < -0.3 is 14.6 Å². The Bertz CT molecular complexity index is 1290. The van der Waals surface area contributed by atoms with Gasteiger partial charge >= 0.3 is 0 Å². The molecule has 1 aromatic heterocycles. The number of rotatable bonds is 7. The summed E-state index contributed by atoms with van der Waals surface area (Å²) in [7, 11) is -2.86. The smallest absolute Gasteiger partial charge is 0.277 e. The van der Waals surface area contributed by atoms with Crippen molar-refractivity contribution in [1.29, 1.82) is 0 Å². The van der Waals surface area contributed by atoms with Gasteiger partial charge in [0.2, 0.25) is 15.7 Å². The van der Waals surface area contributed by atoms with Gasteiger partial charge in [-0.25, -0.2) is 8.42 Å². The molecule has 4 rings (SSSR count). The van der Waals surface area contributed by atoms with Gasteiger partial charge in [0.25, 0.3) is 5.56 Å². The fourth-order valence-corrected chi connectivity index (χ4v) is 5.56. The molecule has 2 heterocycles. The first-order valence-electron chi connectivity index (χ1n) is 10.4. The molecule has 1 aliphatic rings. The molecule has 33 heavy (non-hydrogen) atoms. The first-order valence-corrected chi connectivity index (χ1v) is 12.6. The quantitative estimate of drug-likeness (QED) is 0.492. The van der Waals surface area contributed by atoms with E-state index in [9.17, 15) is 18.3 Å². The molecular formula is C23H23BrN2O6S. The second-order valence-electron chi connectivity index (χ2n) is 7.64. The van der Waals surface area contributed by atoms with E-state index in [0.29, 0.717) is 17.5 Å². The molecule has 2 aromatic carbocycles. The van der Waals surface area contributed by atoms with E-state index in [2.05, 4.69) is 20.9 Å². The molecule has 10 heteroatoms. The lowest BCUT2D eigenvalue weighted by atomic mass is 10.1. The standard InChI is InChI=1S/C23H23BrN2O6S/c1-31-14-18(15-6-3-2-4-7-15)26-21(19-8-5-13-32-19)25-22(27)20(23(26)28)33(29,30)17-11-9-16(24)10-12-17/h2-4,6-7,9-12,18-19,27H,5,8,13-14H2,1H3. The molecule has 2 atom stereocenters.